The second-order valence-electron chi connectivity index (χ2n) is 8.19. The number of piperidine rings is 1. The van der Waals surface area contributed by atoms with E-state index in [0.29, 0.717) is 13.2 Å². The molecule has 4 rings (SSSR count). The number of benzene rings is 1. The van der Waals surface area contributed by atoms with E-state index in [-0.39, 0.29) is 11.8 Å². The van der Waals surface area contributed by atoms with Gasteiger partial charge in [-0.3, -0.25) is 4.90 Å². The van der Waals surface area contributed by atoms with Crippen molar-refractivity contribution in [3.05, 3.63) is 48.0 Å². The lowest BCUT2D eigenvalue weighted by atomic mass is 9.65. The number of aryl methyl sites for hydroxylation is 1. The molecule has 28 heavy (non-hydrogen) atoms. The van der Waals surface area contributed by atoms with Gasteiger partial charge in [-0.2, -0.15) is 0 Å². The molecule has 6 nitrogen and oxygen atoms in total. The summed E-state index contributed by atoms with van der Waals surface area (Å²) in [5, 5.41) is 11.7. The fourth-order valence-corrected chi connectivity index (χ4v) is 4.98. The maximum atomic E-state index is 11.7. The highest BCUT2D eigenvalue weighted by atomic mass is 16.5. The number of ether oxygens (including phenoxy) is 2. The second kappa shape index (κ2) is 8.23. The number of nitrogens with zero attached hydrogens (tertiary/aromatic N) is 3. The molecule has 2 aromatic rings. The molecule has 1 aliphatic heterocycles. The van der Waals surface area contributed by atoms with Gasteiger partial charge in [-0.05, 0) is 30.5 Å². The monoisotopic (exact) mass is 385 g/mol. The number of likely N-dealkylation sites (tertiary alicyclic amines) is 1. The van der Waals surface area contributed by atoms with Crippen LogP contribution in [0.2, 0.25) is 0 Å². The molecule has 2 fully saturated rings. The topological polar surface area (TPSA) is 59.8 Å². The maximum absolute atomic E-state index is 11.7. The summed E-state index contributed by atoms with van der Waals surface area (Å²) in [6, 6.07) is 8.33. The van der Waals surface area contributed by atoms with Crippen molar-refractivity contribution in [2.45, 2.75) is 31.4 Å². The minimum atomic E-state index is -0.800. The van der Waals surface area contributed by atoms with Crippen LogP contribution >= 0.6 is 0 Å². The normalized spacial score (nSPS) is 27.7. The third kappa shape index (κ3) is 3.69. The van der Waals surface area contributed by atoms with E-state index in [0.717, 1.165) is 44.0 Å². The Labute approximate surface area is 167 Å². The van der Waals surface area contributed by atoms with Gasteiger partial charge in [0.05, 0.1) is 6.61 Å². The molecule has 1 N–H and O–H groups in total. The van der Waals surface area contributed by atoms with Gasteiger partial charge in [-0.25, -0.2) is 4.98 Å². The fourth-order valence-electron chi connectivity index (χ4n) is 4.98. The summed E-state index contributed by atoms with van der Waals surface area (Å²) >= 11 is 0. The van der Waals surface area contributed by atoms with E-state index in [1.165, 1.54) is 12.0 Å². The second-order valence-corrected chi connectivity index (χ2v) is 8.19. The smallest absolute Gasteiger partial charge is 0.141 e. The van der Waals surface area contributed by atoms with Crippen molar-refractivity contribution >= 4 is 0 Å². The van der Waals surface area contributed by atoms with E-state index in [1.54, 1.807) is 13.3 Å². The average Bonchev–Trinajstić information content (AvgIpc) is 3.11. The predicted molar refractivity (Wildman–Crippen MR) is 107 cm³/mol. The van der Waals surface area contributed by atoms with Gasteiger partial charge in [0.1, 0.15) is 23.8 Å². The number of methoxy groups -OCH3 is 1. The van der Waals surface area contributed by atoms with Gasteiger partial charge in [0.15, 0.2) is 0 Å². The molecule has 0 unspecified atom stereocenters. The number of aliphatic hydroxyl groups is 1. The molecule has 0 radical (unpaired) electrons. The Hall–Kier alpha value is -1.89. The molecular weight excluding hydrogens is 354 g/mol. The van der Waals surface area contributed by atoms with Crippen LogP contribution in [0.3, 0.4) is 0 Å². The summed E-state index contributed by atoms with van der Waals surface area (Å²) in [5.41, 5.74) is 0.478. The summed E-state index contributed by atoms with van der Waals surface area (Å²) in [4.78, 5) is 7.01. The Bertz CT molecular complexity index is 760. The molecule has 2 heterocycles. The van der Waals surface area contributed by atoms with Gasteiger partial charge in [-0.15, -0.1) is 0 Å². The van der Waals surface area contributed by atoms with E-state index < -0.39 is 5.60 Å². The highest BCUT2D eigenvalue weighted by Gasteiger charge is 2.53. The van der Waals surface area contributed by atoms with Crippen molar-refractivity contribution in [1.82, 2.24) is 14.5 Å². The first kappa shape index (κ1) is 19.4. The van der Waals surface area contributed by atoms with E-state index >= 15 is 0 Å². The zero-order chi connectivity index (χ0) is 19.6. The van der Waals surface area contributed by atoms with Gasteiger partial charge in [0, 0.05) is 58.0 Å². The van der Waals surface area contributed by atoms with Crippen LogP contribution in [0.25, 0.3) is 0 Å². The third-order valence-electron chi connectivity index (χ3n) is 6.37. The maximum Gasteiger partial charge on any atom is 0.141 e. The molecule has 1 aromatic heterocycles. The number of hydrogen-bond acceptors (Lipinski definition) is 5. The molecule has 2 bridgehead atoms. The van der Waals surface area contributed by atoms with Crippen LogP contribution in [0.1, 0.15) is 30.7 Å². The number of rotatable bonds is 7. The van der Waals surface area contributed by atoms with Crippen LogP contribution in [-0.2, 0) is 23.9 Å². The highest BCUT2D eigenvalue weighted by molar-refractivity contribution is 5.27. The molecular formula is C22H31N3O3. The summed E-state index contributed by atoms with van der Waals surface area (Å²) in [6.07, 6.45) is 7.05. The van der Waals surface area contributed by atoms with Crippen LogP contribution in [0.5, 0.6) is 5.75 Å². The molecule has 6 heteroatoms. The number of aromatic nitrogens is 2. The molecule has 1 saturated carbocycles. The van der Waals surface area contributed by atoms with Crippen LogP contribution in [-0.4, -0.2) is 53.0 Å². The third-order valence-corrected chi connectivity index (χ3v) is 6.37. The van der Waals surface area contributed by atoms with Crippen molar-refractivity contribution in [3.63, 3.8) is 0 Å². The Morgan fingerprint density at radius 2 is 1.86 bits per heavy atom. The van der Waals surface area contributed by atoms with Crippen molar-refractivity contribution in [3.8, 4) is 5.75 Å². The molecule has 2 atom stereocenters. The summed E-state index contributed by atoms with van der Waals surface area (Å²) in [5.74, 6) is 2.18. The number of imidazole rings is 1. The van der Waals surface area contributed by atoms with Gasteiger partial charge in [-0.1, -0.05) is 18.6 Å². The fraction of sp³-hybridized carbons (Fsp3) is 0.591. The van der Waals surface area contributed by atoms with E-state index in [4.69, 9.17) is 9.47 Å². The minimum Gasteiger partial charge on any atom is -0.491 e. The molecule has 2 aliphatic rings. The van der Waals surface area contributed by atoms with Crippen LogP contribution in [0.15, 0.2) is 36.7 Å². The minimum absolute atomic E-state index is 0.234. The lowest BCUT2D eigenvalue weighted by Crippen LogP contribution is -2.58. The van der Waals surface area contributed by atoms with Crippen LogP contribution < -0.4 is 4.74 Å². The quantitative estimate of drug-likeness (QED) is 0.743. The van der Waals surface area contributed by atoms with Crippen LogP contribution in [0.4, 0.5) is 0 Å². The first-order valence-electron chi connectivity index (χ1n) is 10.2. The van der Waals surface area contributed by atoms with Crippen molar-refractivity contribution in [1.29, 1.82) is 0 Å². The largest absolute Gasteiger partial charge is 0.491 e. The molecule has 1 saturated heterocycles. The van der Waals surface area contributed by atoms with E-state index in [9.17, 15) is 5.11 Å². The average molecular weight is 386 g/mol. The van der Waals surface area contributed by atoms with E-state index in [1.807, 2.05) is 29.9 Å². The predicted octanol–water partition coefficient (Wildman–Crippen LogP) is 2.57. The molecule has 0 spiro atoms. The first-order chi connectivity index (χ1) is 13.6. The zero-order valence-corrected chi connectivity index (χ0v) is 16.9. The van der Waals surface area contributed by atoms with Gasteiger partial charge in [0.25, 0.3) is 0 Å². The lowest BCUT2D eigenvalue weighted by molar-refractivity contribution is -0.155. The highest BCUT2D eigenvalue weighted by Crippen LogP contribution is 2.48. The standard InChI is InChI=1S/C22H31N3O3/c1-24-11-10-23-21(24)22(26)18-4-3-5-19(22)16-25(15-18)14-17-6-8-20(9-7-17)28-13-12-27-2/h6-11,18-19,26H,3-5,12-16H2,1-2H3/t18-,19-/m1/s1. The summed E-state index contributed by atoms with van der Waals surface area (Å²) in [6.45, 7) is 3.88. The number of hydrogen-bond donors (Lipinski definition) is 1. The Morgan fingerprint density at radius 3 is 2.46 bits per heavy atom. The molecule has 0 amide bonds. The van der Waals surface area contributed by atoms with Gasteiger partial charge < -0.3 is 19.1 Å². The van der Waals surface area contributed by atoms with Crippen molar-refractivity contribution in [2.75, 3.05) is 33.4 Å². The van der Waals surface area contributed by atoms with Gasteiger partial charge >= 0.3 is 0 Å². The molecule has 1 aromatic carbocycles. The lowest BCUT2D eigenvalue weighted by Gasteiger charge is -2.52. The van der Waals surface area contributed by atoms with Crippen molar-refractivity contribution < 1.29 is 14.6 Å². The zero-order valence-electron chi connectivity index (χ0n) is 16.9. The Kier molecular flexibility index (Phi) is 5.71. The number of fused-ring (bicyclic) bond motifs is 2. The van der Waals surface area contributed by atoms with Crippen LogP contribution in [0, 0.1) is 11.8 Å². The van der Waals surface area contributed by atoms with Gasteiger partial charge in [0.2, 0.25) is 0 Å². The Morgan fingerprint density at radius 1 is 1.14 bits per heavy atom. The first-order valence-corrected chi connectivity index (χ1v) is 10.2. The molecule has 1 aliphatic carbocycles. The Balaban J connectivity index is 1.43. The van der Waals surface area contributed by atoms with Crippen molar-refractivity contribution in [2.24, 2.45) is 18.9 Å². The summed E-state index contributed by atoms with van der Waals surface area (Å²) < 4.78 is 12.7. The molecule has 152 valence electrons. The van der Waals surface area contributed by atoms with E-state index in [2.05, 4.69) is 22.0 Å². The summed E-state index contributed by atoms with van der Waals surface area (Å²) in [7, 11) is 3.66. The SMILES string of the molecule is COCCOc1ccc(CN2C[C@H]3CCC[C@H](C2)C3(O)c2nccn2C)cc1.